The number of aryl methyl sites for hydroxylation is 1. The monoisotopic (exact) mass is 461 g/mol. The summed E-state index contributed by atoms with van der Waals surface area (Å²) >= 11 is 3.58. The number of halogens is 1. The molecule has 4 atom stereocenters. The molecular weight excluding hydrogens is 431 g/mol. The Morgan fingerprint density at radius 3 is 2.46 bits per heavy atom. The molecule has 0 heterocycles. The summed E-state index contributed by atoms with van der Waals surface area (Å²) in [4.78, 5) is 0. The molecule has 0 amide bonds. The third kappa shape index (κ3) is 5.32. The lowest BCUT2D eigenvalue weighted by molar-refractivity contribution is 0.0386. The number of benzene rings is 2. The fourth-order valence-corrected chi connectivity index (χ4v) is 6.02. The van der Waals surface area contributed by atoms with Crippen LogP contribution in [-0.4, -0.2) is 12.3 Å². The predicted molar refractivity (Wildman–Crippen MR) is 121 cm³/mol. The molecule has 1 aliphatic carbocycles. The minimum Gasteiger partial charge on any atom is -0.143 e. The quantitative estimate of drug-likeness (QED) is 0.398. The minimum absolute atomic E-state index is 0.00466. The standard InChI is InChI=1S/C24H31BrO2P/c1-18-13-14-21(24(2,3)20-10-5-4-6-11-20)23(17-18)27-28(26)16-15-19-9-7-8-12-22(19)25/h4-12,18,21,23H,13-17H2,1-3H3/q+1/t18-,21-,23-/m1/s1. The molecule has 0 aliphatic heterocycles. The topological polar surface area (TPSA) is 26.3 Å². The van der Waals surface area contributed by atoms with Crippen molar-refractivity contribution in [1.82, 2.24) is 0 Å². The smallest absolute Gasteiger partial charge is 0.143 e. The maximum absolute atomic E-state index is 12.8. The zero-order valence-corrected chi connectivity index (χ0v) is 19.6. The van der Waals surface area contributed by atoms with Crippen molar-refractivity contribution in [2.45, 2.75) is 58.0 Å². The second-order valence-corrected chi connectivity index (χ2v) is 10.8. The minimum atomic E-state index is -1.67. The van der Waals surface area contributed by atoms with E-state index in [0.717, 1.165) is 23.7 Å². The highest BCUT2D eigenvalue weighted by atomic mass is 79.9. The molecule has 2 nitrogen and oxygen atoms in total. The Bertz CT molecular complexity index is 790. The highest BCUT2D eigenvalue weighted by Gasteiger charge is 2.44. The van der Waals surface area contributed by atoms with Crippen LogP contribution in [0.5, 0.6) is 0 Å². The highest BCUT2D eigenvalue weighted by Crippen LogP contribution is 2.46. The Balaban J connectivity index is 1.68. The number of hydrogen-bond donors (Lipinski definition) is 0. The van der Waals surface area contributed by atoms with Crippen LogP contribution < -0.4 is 0 Å². The van der Waals surface area contributed by atoms with Crippen molar-refractivity contribution >= 4 is 24.0 Å². The van der Waals surface area contributed by atoms with E-state index in [4.69, 9.17) is 4.52 Å². The van der Waals surface area contributed by atoms with Gasteiger partial charge >= 0.3 is 8.03 Å². The summed E-state index contributed by atoms with van der Waals surface area (Å²) in [7, 11) is -1.67. The van der Waals surface area contributed by atoms with Crippen molar-refractivity contribution in [1.29, 1.82) is 0 Å². The lowest BCUT2D eigenvalue weighted by Crippen LogP contribution is -2.41. The van der Waals surface area contributed by atoms with Gasteiger partial charge in [-0.25, -0.2) is 0 Å². The molecule has 0 N–H and O–H groups in total. The third-order valence-electron chi connectivity index (χ3n) is 6.27. The molecule has 1 fully saturated rings. The zero-order valence-electron chi connectivity index (χ0n) is 17.1. The molecule has 2 aromatic carbocycles. The van der Waals surface area contributed by atoms with Crippen molar-refractivity contribution in [2.75, 3.05) is 6.16 Å². The second kappa shape index (κ2) is 9.65. The van der Waals surface area contributed by atoms with E-state index in [9.17, 15) is 4.57 Å². The van der Waals surface area contributed by atoms with Crippen LogP contribution in [0.25, 0.3) is 0 Å². The van der Waals surface area contributed by atoms with Crippen LogP contribution in [0.3, 0.4) is 0 Å². The van der Waals surface area contributed by atoms with Gasteiger partial charge in [-0.1, -0.05) is 91.7 Å². The molecule has 1 unspecified atom stereocenters. The fraction of sp³-hybridized carbons (Fsp3) is 0.500. The first-order chi connectivity index (χ1) is 13.4. The summed E-state index contributed by atoms with van der Waals surface area (Å²) in [5.41, 5.74) is 2.53. The molecule has 0 saturated heterocycles. The molecule has 28 heavy (non-hydrogen) atoms. The van der Waals surface area contributed by atoms with Crippen LogP contribution >= 0.6 is 24.0 Å². The summed E-state index contributed by atoms with van der Waals surface area (Å²) in [6.07, 6.45) is 4.74. The van der Waals surface area contributed by atoms with Gasteiger partial charge in [-0.2, -0.15) is 0 Å². The zero-order chi connectivity index (χ0) is 20.1. The molecule has 0 spiro atoms. The predicted octanol–water partition coefficient (Wildman–Crippen LogP) is 7.53. The first-order valence-electron chi connectivity index (χ1n) is 10.3. The molecular formula is C24H31BrO2P+. The van der Waals surface area contributed by atoms with Gasteiger partial charge in [0.05, 0.1) is 0 Å². The van der Waals surface area contributed by atoms with E-state index in [0.29, 0.717) is 18.0 Å². The first-order valence-corrected chi connectivity index (χ1v) is 12.4. The number of rotatable bonds is 7. The van der Waals surface area contributed by atoms with Gasteiger partial charge in [0.25, 0.3) is 0 Å². The van der Waals surface area contributed by atoms with Gasteiger partial charge in [-0.15, -0.1) is 4.52 Å². The third-order valence-corrected chi connectivity index (χ3v) is 8.14. The molecule has 1 saturated carbocycles. The maximum atomic E-state index is 12.8. The molecule has 0 radical (unpaired) electrons. The van der Waals surface area contributed by atoms with Crippen molar-refractivity contribution in [3.63, 3.8) is 0 Å². The average molecular weight is 462 g/mol. The first kappa shape index (κ1) is 21.7. The van der Waals surface area contributed by atoms with Crippen LogP contribution in [0.4, 0.5) is 0 Å². The van der Waals surface area contributed by atoms with E-state index in [2.05, 4.69) is 73.1 Å². The van der Waals surface area contributed by atoms with Crippen LogP contribution in [0.2, 0.25) is 0 Å². The summed E-state index contributed by atoms with van der Waals surface area (Å²) in [5, 5.41) is 0. The van der Waals surface area contributed by atoms with Crippen molar-refractivity contribution in [2.24, 2.45) is 11.8 Å². The normalized spacial score (nSPS) is 23.4. The van der Waals surface area contributed by atoms with Gasteiger partial charge < -0.3 is 0 Å². The largest absolute Gasteiger partial charge is 0.508 e. The summed E-state index contributed by atoms with van der Waals surface area (Å²) in [6, 6.07) is 18.8. The van der Waals surface area contributed by atoms with Gasteiger partial charge in [-0.05, 0) is 51.9 Å². The molecule has 3 rings (SSSR count). The van der Waals surface area contributed by atoms with E-state index < -0.39 is 8.03 Å². The van der Waals surface area contributed by atoms with E-state index in [1.54, 1.807) is 0 Å². The van der Waals surface area contributed by atoms with Gasteiger partial charge in [0, 0.05) is 10.9 Å². The molecule has 0 aromatic heterocycles. The van der Waals surface area contributed by atoms with Crippen LogP contribution in [-0.2, 0) is 20.9 Å². The highest BCUT2D eigenvalue weighted by molar-refractivity contribution is 9.10. The van der Waals surface area contributed by atoms with Crippen LogP contribution in [0, 0.1) is 11.8 Å². The van der Waals surface area contributed by atoms with Gasteiger partial charge in [-0.3, -0.25) is 0 Å². The molecule has 1 aliphatic rings. The Morgan fingerprint density at radius 1 is 1.07 bits per heavy atom. The second-order valence-electron chi connectivity index (χ2n) is 8.65. The van der Waals surface area contributed by atoms with Crippen LogP contribution in [0.1, 0.15) is 51.2 Å². The molecule has 0 bridgehead atoms. The summed E-state index contributed by atoms with van der Waals surface area (Å²) in [6.45, 7) is 6.91. The maximum Gasteiger partial charge on any atom is 0.508 e. The van der Waals surface area contributed by atoms with Crippen molar-refractivity contribution < 1.29 is 9.09 Å². The fourth-order valence-electron chi connectivity index (χ4n) is 4.47. The molecule has 150 valence electrons. The molecule has 2 aromatic rings. The van der Waals surface area contributed by atoms with Crippen LogP contribution in [0.15, 0.2) is 59.1 Å². The van der Waals surface area contributed by atoms with Gasteiger partial charge in [0.2, 0.25) is 0 Å². The van der Waals surface area contributed by atoms with E-state index >= 15 is 0 Å². The summed E-state index contributed by atoms with van der Waals surface area (Å²) in [5.74, 6) is 1.01. The SMILES string of the molecule is C[C@@H]1CC[C@@H](C(C)(C)c2ccccc2)[C@H](O[P+](=O)CCc2ccccc2Br)C1. The molecule has 4 heteroatoms. The van der Waals surface area contributed by atoms with Gasteiger partial charge in [0.1, 0.15) is 6.10 Å². The number of hydrogen-bond acceptors (Lipinski definition) is 2. The Kier molecular flexibility index (Phi) is 7.48. The lowest BCUT2D eigenvalue weighted by atomic mass is 9.64. The van der Waals surface area contributed by atoms with Crippen molar-refractivity contribution in [3.8, 4) is 0 Å². The van der Waals surface area contributed by atoms with E-state index in [-0.39, 0.29) is 11.5 Å². The summed E-state index contributed by atoms with van der Waals surface area (Å²) < 4.78 is 20.1. The van der Waals surface area contributed by atoms with Crippen molar-refractivity contribution in [3.05, 3.63) is 70.2 Å². The van der Waals surface area contributed by atoms with E-state index in [1.807, 2.05) is 18.2 Å². The Morgan fingerprint density at radius 2 is 1.75 bits per heavy atom. The lowest BCUT2D eigenvalue weighted by Gasteiger charge is -2.42. The Hall–Kier alpha value is -1.02. The van der Waals surface area contributed by atoms with E-state index in [1.165, 1.54) is 17.5 Å². The Labute approximate surface area is 179 Å². The van der Waals surface area contributed by atoms with Gasteiger partial charge in [0.15, 0.2) is 6.16 Å². The average Bonchev–Trinajstić information content (AvgIpc) is 2.68.